The molecule has 3 rings (SSSR count). The van der Waals surface area contributed by atoms with Crippen LogP contribution in [0.4, 0.5) is 0 Å². The summed E-state index contributed by atoms with van der Waals surface area (Å²) < 4.78 is 1.87. The molecule has 8 heteroatoms. The number of aromatic nitrogens is 3. The van der Waals surface area contributed by atoms with Gasteiger partial charge in [0, 0.05) is 17.2 Å². The first-order valence-electron chi connectivity index (χ1n) is 9.97. The first-order valence-corrected chi connectivity index (χ1v) is 11.7. The molecule has 0 unspecified atom stereocenters. The number of nitrogens with zero attached hydrogens (tertiary/aromatic N) is 3. The van der Waals surface area contributed by atoms with Crippen LogP contribution in [0, 0.1) is 12.3 Å². The van der Waals surface area contributed by atoms with E-state index in [1.54, 1.807) is 30.0 Å². The second-order valence-corrected chi connectivity index (χ2v) is 10.4. The Labute approximate surface area is 197 Å². The van der Waals surface area contributed by atoms with Crippen molar-refractivity contribution in [3.05, 3.63) is 69.5 Å². The fraction of sp³-hybridized carbons (Fsp3) is 0.348. The number of hydrogen-bond donors (Lipinski definition) is 1. The lowest BCUT2D eigenvalue weighted by Gasteiger charge is -2.17. The molecular weight excluding hydrogens is 451 g/mol. The normalized spacial score (nSPS) is 11.5. The molecule has 0 fully saturated rings. The zero-order chi connectivity index (χ0) is 22.6. The number of rotatable bonds is 7. The summed E-state index contributed by atoms with van der Waals surface area (Å²) in [5.74, 6) is 1.29. The first-order chi connectivity index (χ1) is 14.6. The minimum absolute atomic E-state index is 0.0341. The highest BCUT2D eigenvalue weighted by atomic mass is 35.5. The fourth-order valence-electron chi connectivity index (χ4n) is 3.08. The van der Waals surface area contributed by atoms with Crippen LogP contribution < -0.4 is 5.32 Å². The van der Waals surface area contributed by atoms with Gasteiger partial charge in [0.1, 0.15) is 0 Å². The van der Waals surface area contributed by atoms with Crippen molar-refractivity contribution in [3.8, 4) is 5.69 Å². The molecule has 5 nitrogen and oxygen atoms in total. The van der Waals surface area contributed by atoms with E-state index in [9.17, 15) is 4.79 Å². The molecule has 1 amide bonds. The number of halogens is 2. The van der Waals surface area contributed by atoms with Crippen LogP contribution in [-0.2, 0) is 17.1 Å². The number of carbonyl (C=O) groups excluding carboxylic acids is 1. The van der Waals surface area contributed by atoms with Crippen molar-refractivity contribution < 1.29 is 4.79 Å². The Morgan fingerprint density at radius 2 is 1.90 bits per heavy atom. The van der Waals surface area contributed by atoms with Crippen LogP contribution in [0.15, 0.2) is 47.6 Å². The summed E-state index contributed by atoms with van der Waals surface area (Å²) >= 11 is 14.3. The third-order valence-corrected chi connectivity index (χ3v) is 5.99. The minimum Gasteiger partial charge on any atom is -0.349 e. The van der Waals surface area contributed by atoms with Gasteiger partial charge in [-0.3, -0.25) is 9.36 Å². The average Bonchev–Trinajstić information content (AvgIpc) is 3.08. The number of benzene rings is 2. The predicted molar refractivity (Wildman–Crippen MR) is 128 cm³/mol. The Balaban J connectivity index is 1.88. The Bertz CT molecular complexity index is 1080. The van der Waals surface area contributed by atoms with Crippen molar-refractivity contribution in [3.63, 3.8) is 0 Å². The Morgan fingerprint density at radius 3 is 2.61 bits per heavy atom. The topological polar surface area (TPSA) is 59.8 Å². The van der Waals surface area contributed by atoms with Gasteiger partial charge >= 0.3 is 0 Å². The van der Waals surface area contributed by atoms with Crippen molar-refractivity contribution >= 4 is 40.9 Å². The Morgan fingerprint density at radius 1 is 1.13 bits per heavy atom. The summed E-state index contributed by atoms with van der Waals surface area (Å²) in [5, 5.41) is 13.4. The van der Waals surface area contributed by atoms with E-state index in [1.165, 1.54) is 11.1 Å². The minimum atomic E-state index is -0.0944. The molecule has 0 spiro atoms. The van der Waals surface area contributed by atoms with Crippen LogP contribution >= 0.6 is 35.0 Å². The van der Waals surface area contributed by atoms with Crippen LogP contribution in [0.1, 0.15) is 44.1 Å². The van der Waals surface area contributed by atoms with E-state index in [4.69, 9.17) is 23.2 Å². The first kappa shape index (κ1) is 23.6. The van der Waals surface area contributed by atoms with Crippen LogP contribution in [-0.4, -0.2) is 20.7 Å². The summed E-state index contributed by atoms with van der Waals surface area (Å²) in [5.41, 5.74) is 2.99. The predicted octanol–water partition coefficient (Wildman–Crippen LogP) is 6.23. The highest BCUT2D eigenvalue weighted by molar-refractivity contribution is 7.98. The number of carbonyl (C=O) groups is 1. The summed E-state index contributed by atoms with van der Waals surface area (Å²) in [4.78, 5) is 12.3. The summed E-state index contributed by atoms with van der Waals surface area (Å²) in [6.07, 6.45) is 0.425. The van der Waals surface area contributed by atoms with Crippen LogP contribution in [0.25, 0.3) is 5.69 Å². The molecule has 1 N–H and O–H groups in total. The molecule has 0 saturated heterocycles. The lowest BCUT2D eigenvalue weighted by Crippen LogP contribution is -2.28. The lowest BCUT2D eigenvalue weighted by molar-refractivity contribution is -0.123. The van der Waals surface area contributed by atoms with E-state index in [1.807, 2.05) is 31.4 Å². The number of aryl methyl sites for hydroxylation is 1. The number of hydrogen-bond acceptors (Lipinski definition) is 4. The van der Waals surface area contributed by atoms with Crippen molar-refractivity contribution in [2.45, 2.75) is 51.6 Å². The smallest absolute Gasteiger partial charge is 0.220 e. The molecule has 0 bridgehead atoms. The van der Waals surface area contributed by atoms with Crippen molar-refractivity contribution in [2.75, 3.05) is 0 Å². The fourth-order valence-corrected chi connectivity index (χ4v) is 4.35. The Kier molecular flexibility index (Phi) is 7.68. The van der Waals surface area contributed by atoms with Gasteiger partial charge in [0.25, 0.3) is 0 Å². The third kappa shape index (κ3) is 6.73. The lowest BCUT2D eigenvalue weighted by atomic mass is 9.92. The van der Waals surface area contributed by atoms with Crippen molar-refractivity contribution in [2.24, 2.45) is 5.41 Å². The zero-order valence-electron chi connectivity index (χ0n) is 18.1. The molecule has 0 atom stereocenters. The highest BCUT2D eigenvalue weighted by Gasteiger charge is 2.20. The molecule has 0 saturated carbocycles. The molecule has 164 valence electrons. The number of amides is 1. The molecule has 1 heterocycles. The van der Waals surface area contributed by atoms with E-state index < -0.39 is 0 Å². The van der Waals surface area contributed by atoms with Gasteiger partial charge in [-0.15, -0.1) is 10.2 Å². The highest BCUT2D eigenvalue weighted by Crippen LogP contribution is 2.31. The summed E-state index contributed by atoms with van der Waals surface area (Å²) in [6, 6.07) is 13.6. The van der Waals surface area contributed by atoms with Gasteiger partial charge < -0.3 is 5.32 Å². The van der Waals surface area contributed by atoms with Gasteiger partial charge in [0.2, 0.25) is 5.91 Å². The summed E-state index contributed by atoms with van der Waals surface area (Å²) in [6.45, 7) is 8.40. The van der Waals surface area contributed by atoms with E-state index in [0.29, 0.717) is 33.1 Å². The molecule has 2 aromatic carbocycles. The zero-order valence-corrected chi connectivity index (χ0v) is 20.4. The molecule has 0 aliphatic carbocycles. The van der Waals surface area contributed by atoms with Gasteiger partial charge in [0.15, 0.2) is 11.0 Å². The number of thioether (sulfide) groups is 1. The SMILES string of the molecule is Cc1cccc(CSc2nnc(CNC(=O)CC(C)(C)C)n2-c2cc(Cl)ccc2Cl)c1. The monoisotopic (exact) mass is 476 g/mol. The van der Waals surface area contributed by atoms with Crippen LogP contribution in [0.5, 0.6) is 0 Å². The number of nitrogens with one attached hydrogen (secondary N) is 1. The van der Waals surface area contributed by atoms with E-state index in [-0.39, 0.29) is 17.9 Å². The van der Waals surface area contributed by atoms with E-state index in [0.717, 1.165) is 5.75 Å². The largest absolute Gasteiger partial charge is 0.349 e. The second-order valence-electron chi connectivity index (χ2n) is 8.62. The quantitative estimate of drug-likeness (QED) is 0.410. The van der Waals surface area contributed by atoms with E-state index >= 15 is 0 Å². The summed E-state index contributed by atoms with van der Waals surface area (Å²) in [7, 11) is 0. The molecule has 0 aliphatic heterocycles. The third-order valence-electron chi connectivity index (χ3n) is 4.43. The van der Waals surface area contributed by atoms with Crippen molar-refractivity contribution in [1.82, 2.24) is 20.1 Å². The second kappa shape index (κ2) is 10.1. The standard InChI is InChI=1S/C23H26Cl2N4OS/c1-15-6-5-7-16(10-15)14-31-22-28-27-20(13-26-21(30)12-23(2,3)4)29(22)19-11-17(24)8-9-18(19)25/h5-11H,12-14H2,1-4H3,(H,26,30). The van der Waals surface area contributed by atoms with Crippen LogP contribution in [0.3, 0.4) is 0 Å². The molecule has 1 aromatic heterocycles. The van der Waals surface area contributed by atoms with Gasteiger partial charge in [0.05, 0.1) is 17.3 Å². The van der Waals surface area contributed by atoms with Crippen molar-refractivity contribution in [1.29, 1.82) is 0 Å². The Hall–Kier alpha value is -2.02. The van der Waals surface area contributed by atoms with Crippen LogP contribution in [0.2, 0.25) is 10.0 Å². The maximum absolute atomic E-state index is 12.3. The molecule has 3 aromatic rings. The van der Waals surface area contributed by atoms with Gasteiger partial charge in [-0.25, -0.2) is 0 Å². The molecule has 0 radical (unpaired) electrons. The van der Waals surface area contributed by atoms with Gasteiger partial charge in [-0.05, 0) is 36.1 Å². The average molecular weight is 477 g/mol. The molecular formula is C23H26Cl2N4OS. The van der Waals surface area contributed by atoms with Gasteiger partial charge in [-0.1, -0.05) is 85.6 Å². The van der Waals surface area contributed by atoms with Gasteiger partial charge in [-0.2, -0.15) is 0 Å². The maximum atomic E-state index is 12.3. The molecule has 31 heavy (non-hydrogen) atoms. The maximum Gasteiger partial charge on any atom is 0.220 e. The molecule has 0 aliphatic rings. The van der Waals surface area contributed by atoms with E-state index in [2.05, 4.69) is 40.6 Å².